The van der Waals surface area contributed by atoms with Gasteiger partial charge in [-0.3, -0.25) is 5.32 Å². The first-order chi connectivity index (χ1) is 6.80. The van der Waals surface area contributed by atoms with Crippen molar-refractivity contribution in [2.24, 2.45) is 0 Å². The standard InChI is InChI=1S/C11H14FNO2/c1-11(2,3)7-4-5-8(12)9(6-7)13-10(14)15/h4-6,13H,1-3H3,(H,14,15). The minimum atomic E-state index is -1.26. The summed E-state index contributed by atoms with van der Waals surface area (Å²) in [4.78, 5) is 10.4. The molecule has 0 saturated carbocycles. The number of carboxylic acid groups (broad SMARTS) is 1. The highest BCUT2D eigenvalue weighted by Gasteiger charge is 2.16. The van der Waals surface area contributed by atoms with Crippen LogP contribution in [-0.2, 0) is 5.41 Å². The molecule has 3 nitrogen and oxygen atoms in total. The van der Waals surface area contributed by atoms with E-state index in [2.05, 4.69) is 0 Å². The second kappa shape index (κ2) is 3.88. The number of hydrogen-bond acceptors (Lipinski definition) is 1. The van der Waals surface area contributed by atoms with Gasteiger partial charge >= 0.3 is 6.09 Å². The zero-order valence-corrected chi connectivity index (χ0v) is 8.97. The molecule has 1 aromatic carbocycles. The monoisotopic (exact) mass is 211 g/mol. The van der Waals surface area contributed by atoms with Gasteiger partial charge in [0.15, 0.2) is 0 Å². The van der Waals surface area contributed by atoms with Crippen molar-refractivity contribution in [3.05, 3.63) is 29.6 Å². The molecule has 0 fully saturated rings. The van der Waals surface area contributed by atoms with Gasteiger partial charge in [-0.2, -0.15) is 0 Å². The minimum absolute atomic E-state index is 0.00470. The molecular formula is C11H14FNO2. The van der Waals surface area contributed by atoms with Gasteiger partial charge in [0.1, 0.15) is 5.82 Å². The van der Waals surface area contributed by atoms with E-state index in [1.54, 1.807) is 6.07 Å². The molecule has 1 aromatic rings. The van der Waals surface area contributed by atoms with Gasteiger partial charge in [0, 0.05) is 0 Å². The van der Waals surface area contributed by atoms with E-state index in [0.29, 0.717) is 0 Å². The summed E-state index contributed by atoms with van der Waals surface area (Å²) in [6.07, 6.45) is -1.26. The van der Waals surface area contributed by atoms with Crippen LogP contribution in [0, 0.1) is 5.82 Å². The lowest BCUT2D eigenvalue weighted by molar-refractivity contribution is 0.209. The zero-order valence-electron chi connectivity index (χ0n) is 8.97. The highest BCUT2D eigenvalue weighted by molar-refractivity contribution is 5.83. The van der Waals surface area contributed by atoms with Crippen molar-refractivity contribution in [3.63, 3.8) is 0 Å². The van der Waals surface area contributed by atoms with Gasteiger partial charge < -0.3 is 5.11 Å². The third-order valence-electron chi connectivity index (χ3n) is 2.07. The molecule has 1 amide bonds. The molecule has 0 aromatic heterocycles. The van der Waals surface area contributed by atoms with Gasteiger partial charge in [0.25, 0.3) is 0 Å². The lowest BCUT2D eigenvalue weighted by Crippen LogP contribution is -2.14. The van der Waals surface area contributed by atoms with Gasteiger partial charge in [0.05, 0.1) is 5.69 Å². The molecule has 0 aliphatic heterocycles. The Labute approximate surface area is 87.9 Å². The summed E-state index contributed by atoms with van der Waals surface area (Å²) in [5.41, 5.74) is 0.741. The van der Waals surface area contributed by atoms with Crippen LogP contribution in [0.1, 0.15) is 26.3 Å². The number of hydrogen-bond donors (Lipinski definition) is 2. The van der Waals surface area contributed by atoms with Crippen molar-refractivity contribution < 1.29 is 14.3 Å². The van der Waals surface area contributed by atoms with Crippen LogP contribution < -0.4 is 5.32 Å². The molecule has 15 heavy (non-hydrogen) atoms. The number of amides is 1. The van der Waals surface area contributed by atoms with Crippen LogP contribution in [0.5, 0.6) is 0 Å². The van der Waals surface area contributed by atoms with E-state index < -0.39 is 11.9 Å². The molecule has 2 N–H and O–H groups in total. The zero-order chi connectivity index (χ0) is 11.6. The highest BCUT2D eigenvalue weighted by Crippen LogP contribution is 2.26. The third kappa shape index (κ3) is 2.94. The predicted octanol–water partition coefficient (Wildman–Crippen LogP) is 3.21. The van der Waals surface area contributed by atoms with Crippen molar-refractivity contribution >= 4 is 11.8 Å². The normalized spacial score (nSPS) is 11.2. The molecule has 0 saturated heterocycles. The number of nitrogens with one attached hydrogen (secondary N) is 1. The molecule has 82 valence electrons. The molecule has 0 aliphatic carbocycles. The quantitative estimate of drug-likeness (QED) is 0.749. The van der Waals surface area contributed by atoms with E-state index in [0.717, 1.165) is 5.56 Å². The molecule has 0 radical (unpaired) electrons. The van der Waals surface area contributed by atoms with Gasteiger partial charge in [-0.05, 0) is 23.1 Å². The van der Waals surface area contributed by atoms with Crippen LogP contribution in [0.2, 0.25) is 0 Å². The molecular weight excluding hydrogens is 197 g/mol. The largest absolute Gasteiger partial charge is 0.465 e. The first-order valence-corrected chi connectivity index (χ1v) is 4.60. The van der Waals surface area contributed by atoms with Crippen molar-refractivity contribution in [2.45, 2.75) is 26.2 Å². The number of carbonyl (C=O) groups is 1. The molecule has 4 heteroatoms. The fraction of sp³-hybridized carbons (Fsp3) is 0.364. The van der Waals surface area contributed by atoms with Crippen molar-refractivity contribution in [3.8, 4) is 0 Å². The number of anilines is 1. The molecule has 1 rings (SSSR count). The SMILES string of the molecule is CC(C)(C)c1ccc(F)c(NC(=O)O)c1. The maximum atomic E-state index is 13.2. The van der Waals surface area contributed by atoms with Crippen molar-refractivity contribution in [1.29, 1.82) is 0 Å². The van der Waals surface area contributed by atoms with Crippen LogP contribution in [0.25, 0.3) is 0 Å². The predicted molar refractivity (Wildman–Crippen MR) is 56.7 cm³/mol. The Kier molecular flexibility index (Phi) is 2.98. The van der Waals surface area contributed by atoms with E-state index in [1.165, 1.54) is 12.1 Å². The summed E-state index contributed by atoms with van der Waals surface area (Å²) < 4.78 is 13.2. The average molecular weight is 211 g/mol. The summed E-state index contributed by atoms with van der Waals surface area (Å²) in [5.74, 6) is -0.564. The number of benzene rings is 1. The molecule has 0 spiro atoms. The van der Waals surface area contributed by atoms with Gasteiger partial charge in [0.2, 0.25) is 0 Å². The topological polar surface area (TPSA) is 49.3 Å². The lowest BCUT2D eigenvalue weighted by Gasteiger charge is -2.19. The van der Waals surface area contributed by atoms with E-state index >= 15 is 0 Å². The first-order valence-electron chi connectivity index (χ1n) is 4.60. The Hall–Kier alpha value is -1.58. The highest BCUT2D eigenvalue weighted by atomic mass is 19.1. The summed E-state index contributed by atoms with van der Waals surface area (Å²) >= 11 is 0. The van der Waals surface area contributed by atoms with Gasteiger partial charge in [-0.15, -0.1) is 0 Å². The molecule has 0 bridgehead atoms. The molecule has 0 atom stereocenters. The molecule has 0 heterocycles. The van der Waals surface area contributed by atoms with Gasteiger partial charge in [-0.25, -0.2) is 9.18 Å². The van der Waals surface area contributed by atoms with E-state index in [4.69, 9.17) is 5.11 Å². The second-order valence-corrected chi connectivity index (χ2v) is 4.37. The lowest BCUT2D eigenvalue weighted by atomic mass is 9.87. The Morgan fingerprint density at radius 3 is 2.47 bits per heavy atom. The average Bonchev–Trinajstić information content (AvgIpc) is 2.06. The fourth-order valence-corrected chi connectivity index (χ4v) is 1.20. The second-order valence-electron chi connectivity index (χ2n) is 4.37. The van der Waals surface area contributed by atoms with Crippen LogP contribution >= 0.6 is 0 Å². The van der Waals surface area contributed by atoms with Crippen molar-refractivity contribution in [2.75, 3.05) is 5.32 Å². The maximum absolute atomic E-state index is 13.2. The smallest absolute Gasteiger partial charge is 0.409 e. The number of halogens is 1. The van der Waals surface area contributed by atoms with Crippen molar-refractivity contribution in [1.82, 2.24) is 0 Å². The van der Waals surface area contributed by atoms with Crippen LogP contribution in [0.3, 0.4) is 0 Å². The Balaban J connectivity index is 3.11. The summed E-state index contributed by atoms with van der Waals surface area (Å²) in [5, 5.41) is 10.5. The molecule has 0 unspecified atom stereocenters. The van der Waals surface area contributed by atoms with Crippen LogP contribution in [-0.4, -0.2) is 11.2 Å². The Morgan fingerprint density at radius 2 is 2.00 bits per heavy atom. The summed E-state index contributed by atoms with van der Waals surface area (Å²) in [6.45, 7) is 5.93. The Bertz CT molecular complexity index is 383. The maximum Gasteiger partial charge on any atom is 0.409 e. The van der Waals surface area contributed by atoms with E-state index in [1.807, 2.05) is 26.1 Å². The van der Waals surface area contributed by atoms with E-state index in [-0.39, 0.29) is 11.1 Å². The Morgan fingerprint density at radius 1 is 1.40 bits per heavy atom. The first kappa shape index (κ1) is 11.5. The molecule has 0 aliphatic rings. The van der Waals surface area contributed by atoms with Crippen LogP contribution in [0.15, 0.2) is 18.2 Å². The fourth-order valence-electron chi connectivity index (χ4n) is 1.20. The number of rotatable bonds is 1. The van der Waals surface area contributed by atoms with Gasteiger partial charge in [-0.1, -0.05) is 26.8 Å². The third-order valence-corrected chi connectivity index (χ3v) is 2.07. The van der Waals surface area contributed by atoms with Crippen LogP contribution in [0.4, 0.5) is 14.9 Å². The minimum Gasteiger partial charge on any atom is -0.465 e. The summed E-state index contributed by atoms with van der Waals surface area (Å²) in [6, 6.07) is 4.44. The summed E-state index contributed by atoms with van der Waals surface area (Å²) in [7, 11) is 0. The van der Waals surface area contributed by atoms with E-state index in [9.17, 15) is 9.18 Å².